The maximum Gasteiger partial charge on any atom is 0.375 e. The molecule has 82 valence electrons. The second-order valence-electron chi connectivity index (χ2n) is 4.45. The summed E-state index contributed by atoms with van der Waals surface area (Å²) in [5, 5.41) is 0. The predicted octanol–water partition coefficient (Wildman–Crippen LogP) is 0.878. The highest BCUT2D eigenvalue weighted by Crippen LogP contribution is 2.55. The minimum absolute atomic E-state index is 0.0239. The Kier molecular flexibility index (Phi) is 2.37. The van der Waals surface area contributed by atoms with Crippen LogP contribution in [-0.2, 0) is 19.1 Å². The average Bonchev–Trinajstić information content (AvgIpc) is 3.01. The molecule has 15 heavy (non-hydrogen) atoms. The summed E-state index contributed by atoms with van der Waals surface area (Å²) in [5.74, 6) is -2.29. The fourth-order valence-corrected chi connectivity index (χ4v) is 2.41. The van der Waals surface area contributed by atoms with Crippen LogP contribution in [0.5, 0.6) is 0 Å². The number of carbonyl (C=O) groups is 3. The highest BCUT2D eigenvalue weighted by molar-refractivity contribution is 6.38. The van der Waals surface area contributed by atoms with Crippen LogP contribution in [0.4, 0.5) is 0 Å². The Bertz CT molecular complexity index is 327. The first-order chi connectivity index (χ1) is 7.10. The second-order valence-corrected chi connectivity index (χ2v) is 4.45. The van der Waals surface area contributed by atoms with E-state index >= 15 is 0 Å². The van der Waals surface area contributed by atoms with E-state index in [4.69, 9.17) is 0 Å². The number of hydrogen-bond acceptors (Lipinski definition) is 4. The molecule has 2 aliphatic rings. The van der Waals surface area contributed by atoms with E-state index in [1.165, 1.54) is 7.11 Å². The summed E-state index contributed by atoms with van der Waals surface area (Å²) in [6.07, 6.45) is 4.03. The van der Waals surface area contributed by atoms with Crippen molar-refractivity contribution in [3.05, 3.63) is 0 Å². The van der Waals surface area contributed by atoms with Crippen LogP contribution in [0.15, 0.2) is 0 Å². The number of hydrogen-bond donors (Lipinski definition) is 0. The summed E-state index contributed by atoms with van der Waals surface area (Å²) >= 11 is 0. The molecule has 0 amide bonds. The van der Waals surface area contributed by atoms with Gasteiger partial charge in [-0.3, -0.25) is 9.59 Å². The first-order valence-corrected chi connectivity index (χ1v) is 5.27. The zero-order valence-corrected chi connectivity index (χ0v) is 8.75. The molecule has 1 spiro atoms. The summed E-state index contributed by atoms with van der Waals surface area (Å²) in [6.45, 7) is 0. The molecule has 0 aromatic carbocycles. The van der Waals surface area contributed by atoms with E-state index in [1.807, 2.05) is 0 Å². The van der Waals surface area contributed by atoms with Gasteiger partial charge in [-0.1, -0.05) is 6.42 Å². The number of ketones is 2. The van der Waals surface area contributed by atoms with Gasteiger partial charge in [0.1, 0.15) is 5.78 Å². The van der Waals surface area contributed by atoms with Gasteiger partial charge < -0.3 is 4.74 Å². The van der Waals surface area contributed by atoms with Gasteiger partial charge in [0.2, 0.25) is 5.78 Å². The minimum Gasteiger partial charge on any atom is -0.463 e. The molecule has 2 aliphatic carbocycles. The first-order valence-electron chi connectivity index (χ1n) is 5.27. The van der Waals surface area contributed by atoms with Crippen molar-refractivity contribution < 1.29 is 19.1 Å². The van der Waals surface area contributed by atoms with Gasteiger partial charge in [-0.15, -0.1) is 0 Å². The molecule has 2 saturated carbocycles. The molecule has 1 unspecified atom stereocenters. The fraction of sp³-hybridized carbons (Fsp3) is 0.727. The third kappa shape index (κ3) is 1.58. The maximum atomic E-state index is 11.9. The lowest BCUT2D eigenvalue weighted by Crippen LogP contribution is -2.38. The zero-order chi connectivity index (χ0) is 11.1. The summed E-state index contributed by atoms with van der Waals surface area (Å²) in [4.78, 5) is 34.6. The molecule has 0 aliphatic heterocycles. The highest BCUT2D eigenvalue weighted by atomic mass is 16.5. The smallest absolute Gasteiger partial charge is 0.375 e. The molecule has 0 heterocycles. The van der Waals surface area contributed by atoms with Gasteiger partial charge in [-0.2, -0.15) is 0 Å². The van der Waals surface area contributed by atoms with Crippen LogP contribution < -0.4 is 0 Å². The van der Waals surface area contributed by atoms with Crippen molar-refractivity contribution in [2.24, 2.45) is 11.3 Å². The SMILES string of the molecule is COC(=O)C(=O)C1CCCC2(CC2)C1=O. The second kappa shape index (κ2) is 3.43. The van der Waals surface area contributed by atoms with Crippen molar-refractivity contribution in [3.8, 4) is 0 Å². The molecular weight excluding hydrogens is 196 g/mol. The van der Waals surface area contributed by atoms with Crippen LogP contribution >= 0.6 is 0 Å². The van der Waals surface area contributed by atoms with E-state index in [-0.39, 0.29) is 11.2 Å². The number of methoxy groups -OCH3 is 1. The van der Waals surface area contributed by atoms with Gasteiger partial charge in [0.25, 0.3) is 0 Å². The molecule has 0 bridgehead atoms. The van der Waals surface area contributed by atoms with Crippen LogP contribution in [0.3, 0.4) is 0 Å². The molecule has 0 radical (unpaired) electrons. The Morgan fingerprint density at radius 3 is 2.53 bits per heavy atom. The molecule has 0 aromatic rings. The van der Waals surface area contributed by atoms with Crippen molar-refractivity contribution >= 4 is 17.5 Å². The molecule has 0 N–H and O–H groups in total. The van der Waals surface area contributed by atoms with E-state index in [9.17, 15) is 14.4 Å². The molecule has 2 rings (SSSR count). The fourth-order valence-electron chi connectivity index (χ4n) is 2.41. The van der Waals surface area contributed by atoms with Gasteiger partial charge in [0.05, 0.1) is 13.0 Å². The summed E-state index contributed by atoms with van der Waals surface area (Å²) in [6, 6.07) is 0. The molecule has 2 fully saturated rings. The quantitative estimate of drug-likeness (QED) is 0.385. The van der Waals surface area contributed by atoms with Crippen molar-refractivity contribution in [2.45, 2.75) is 32.1 Å². The summed E-state index contributed by atoms with van der Waals surface area (Å²) in [5.41, 5.74) is -0.243. The molecule has 4 heteroatoms. The van der Waals surface area contributed by atoms with E-state index in [0.29, 0.717) is 6.42 Å². The summed E-state index contributed by atoms with van der Waals surface area (Å²) in [7, 11) is 1.17. The van der Waals surface area contributed by atoms with Crippen molar-refractivity contribution in [1.82, 2.24) is 0 Å². The number of ether oxygens (including phenoxy) is 1. The molecule has 1 atom stereocenters. The number of Topliss-reactive ketones (excluding diaryl/α,β-unsaturated/α-hetero) is 2. The van der Waals surface area contributed by atoms with Gasteiger partial charge in [-0.05, 0) is 25.7 Å². The molecule has 0 saturated heterocycles. The Hall–Kier alpha value is -1.19. The van der Waals surface area contributed by atoms with E-state index in [2.05, 4.69) is 4.74 Å². The molecule has 0 aromatic heterocycles. The van der Waals surface area contributed by atoms with Crippen LogP contribution in [0.2, 0.25) is 0 Å². The van der Waals surface area contributed by atoms with Gasteiger partial charge >= 0.3 is 5.97 Å². The zero-order valence-electron chi connectivity index (χ0n) is 8.75. The lowest BCUT2D eigenvalue weighted by Gasteiger charge is -2.25. The van der Waals surface area contributed by atoms with Crippen molar-refractivity contribution in [3.63, 3.8) is 0 Å². The lowest BCUT2D eigenvalue weighted by molar-refractivity contribution is -0.156. The largest absolute Gasteiger partial charge is 0.463 e. The highest BCUT2D eigenvalue weighted by Gasteiger charge is 2.55. The Morgan fingerprint density at radius 1 is 1.33 bits per heavy atom. The van der Waals surface area contributed by atoms with Crippen LogP contribution in [0, 0.1) is 11.3 Å². The first kappa shape index (κ1) is 10.3. The molecular formula is C11H14O4. The predicted molar refractivity (Wildman–Crippen MR) is 51.0 cm³/mol. The van der Waals surface area contributed by atoms with Gasteiger partial charge in [0, 0.05) is 5.41 Å². The van der Waals surface area contributed by atoms with E-state index < -0.39 is 17.7 Å². The van der Waals surface area contributed by atoms with Crippen LogP contribution in [0.25, 0.3) is 0 Å². The van der Waals surface area contributed by atoms with Gasteiger partial charge in [-0.25, -0.2) is 4.79 Å². The number of rotatable bonds is 2. The topological polar surface area (TPSA) is 60.4 Å². The number of carbonyl (C=O) groups excluding carboxylic acids is 3. The number of esters is 1. The lowest BCUT2D eigenvalue weighted by atomic mass is 9.76. The monoisotopic (exact) mass is 210 g/mol. The van der Waals surface area contributed by atoms with Crippen molar-refractivity contribution in [1.29, 1.82) is 0 Å². The standard InChI is InChI=1S/C11H14O4/c1-15-10(14)8(12)7-3-2-4-11(5-6-11)9(7)13/h7H,2-6H2,1H3. The van der Waals surface area contributed by atoms with E-state index in [1.54, 1.807) is 0 Å². The third-order valence-corrected chi connectivity index (χ3v) is 3.54. The van der Waals surface area contributed by atoms with E-state index in [0.717, 1.165) is 25.7 Å². The molecule has 4 nitrogen and oxygen atoms in total. The van der Waals surface area contributed by atoms with Crippen molar-refractivity contribution in [2.75, 3.05) is 7.11 Å². The van der Waals surface area contributed by atoms with Crippen LogP contribution in [0.1, 0.15) is 32.1 Å². The maximum absolute atomic E-state index is 11.9. The summed E-state index contributed by atoms with van der Waals surface area (Å²) < 4.78 is 4.36. The normalized spacial score (nSPS) is 27.5. The Labute approximate surface area is 88.0 Å². The third-order valence-electron chi connectivity index (χ3n) is 3.54. The average molecular weight is 210 g/mol. The minimum atomic E-state index is -0.883. The Morgan fingerprint density at radius 2 is 2.00 bits per heavy atom. The Balaban J connectivity index is 2.12. The van der Waals surface area contributed by atoms with Gasteiger partial charge in [0.15, 0.2) is 0 Å². The van der Waals surface area contributed by atoms with Crippen LogP contribution in [-0.4, -0.2) is 24.6 Å².